The van der Waals surface area contributed by atoms with Crippen molar-refractivity contribution >= 4 is 0 Å². The molecule has 4 nitrogen and oxygen atoms in total. The molecular formula is C14H20N2O2. The Kier molecular flexibility index (Phi) is 3.57. The Morgan fingerprint density at radius 2 is 2.11 bits per heavy atom. The monoisotopic (exact) mass is 248 g/mol. The van der Waals surface area contributed by atoms with E-state index in [1.165, 1.54) is 0 Å². The first kappa shape index (κ1) is 12.9. The van der Waals surface area contributed by atoms with Gasteiger partial charge in [-0.1, -0.05) is 0 Å². The molecule has 0 spiro atoms. The van der Waals surface area contributed by atoms with Crippen molar-refractivity contribution in [3.63, 3.8) is 0 Å². The minimum absolute atomic E-state index is 0.122. The lowest BCUT2D eigenvalue weighted by Crippen LogP contribution is -2.37. The van der Waals surface area contributed by atoms with Gasteiger partial charge in [-0.2, -0.15) is 0 Å². The molecule has 0 bridgehead atoms. The molecule has 0 fully saturated rings. The summed E-state index contributed by atoms with van der Waals surface area (Å²) < 4.78 is 10.9. The minimum Gasteiger partial charge on any atom is -0.469 e. The van der Waals surface area contributed by atoms with E-state index in [2.05, 4.69) is 31.1 Å². The maximum Gasteiger partial charge on any atom is 0.196 e. The van der Waals surface area contributed by atoms with Crippen LogP contribution in [0.1, 0.15) is 32.4 Å². The molecule has 0 aliphatic carbocycles. The first-order valence-electron chi connectivity index (χ1n) is 6.19. The summed E-state index contributed by atoms with van der Waals surface area (Å²) in [5.74, 6) is 2.38. The van der Waals surface area contributed by atoms with Gasteiger partial charge in [0.25, 0.3) is 0 Å². The number of aromatic nitrogens is 1. The number of nitrogens with zero attached hydrogens (tertiary/aromatic N) is 1. The Bertz CT molecular complexity index is 506. The number of rotatable bonds is 4. The molecule has 0 radical (unpaired) electrons. The average Bonchev–Trinajstić information content (AvgIpc) is 2.85. The van der Waals surface area contributed by atoms with Crippen LogP contribution in [0, 0.1) is 6.92 Å². The van der Waals surface area contributed by atoms with Crippen molar-refractivity contribution in [2.24, 2.45) is 0 Å². The standard InChI is InChI=1S/C14H20N2O2/c1-10-7-11(9-17-10)12-8-15-13(18-12)5-6-16-14(2,3)4/h7-9,16H,5-6H2,1-4H3. The van der Waals surface area contributed by atoms with E-state index in [9.17, 15) is 0 Å². The highest BCUT2D eigenvalue weighted by molar-refractivity contribution is 5.55. The van der Waals surface area contributed by atoms with E-state index in [1.807, 2.05) is 13.0 Å². The second-order valence-corrected chi connectivity index (χ2v) is 5.49. The Labute approximate surface area is 107 Å². The predicted octanol–water partition coefficient (Wildman–Crippen LogP) is 3.17. The molecule has 2 rings (SSSR count). The van der Waals surface area contributed by atoms with Crippen molar-refractivity contribution in [3.8, 4) is 11.3 Å². The van der Waals surface area contributed by atoms with Crippen LogP contribution >= 0.6 is 0 Å². The summed E-state index contributed by atoms with van der Waals surface area (Å²) >= 11 is 0. The maximum atomic E-state index is 5.69. The van der Waals surface area contributed by atoms with Crippen molar-refractivity contribution in [2.75, 3.05) is 6.54 Å². The van der Waals surface area contributed by atoms with Crippen LogP contribution in [-0.2, 0) is 6.42 Å². The van der Waals surface area contributed by atoms with Crippen LogP contribution in [0.15, 0.2) is 27.4 Å². The normalized spacial score (nSPS) is 12.0. The molecule has 0 unspecified atom stereocenters. The molecule has 0 amide bonds. The first-order valence-corrected chi connectivity index (χ1v) is 6.19. The molecule has 0 aromatic carbocycles. The molecule has 2 aromatic heterocycles. The lowest BCUT2D eigenvalue weighted by atomic mass is 10.1. The van der Waals surface area contributed by atoms with Crippen molar-refractivity contribution in [2.45, 2.75) is 39.7 Å². The summed E-state index contributed by atoms with van der Waals surface area (Å²) in [6.45, 7) is 9.19. The average molecular weight is 248 g/mol. The molecule has 0 saturated carbocycles. The van der Waals surface area contributed by atoms with Crippen LogP contribution in [0.2, 0.25) is 0 Å². The lowest BCUT2D eigenvalue weighted by molar-refractivity contribution is 0.411. The fraction of sp³-hybridized carbons (Fsp3) is 0.500. The number of hydrogen-bond donors (Lipinski definition) is 1. The Morgan fingerprint density at radius 1 is 1.33 bits per heavy atom. The largest absolute Gasteiger partial charge is 0.469 e. The van der Waals surface area contributed by atoms with Crippen LogP contribution in [0.25, 0.3) is 11.3 Å². The molecule has 2 heterocycles. The molecule has 2 aromatic rings. The van der Waals surface area contributed by atoms with Gasteiger partial charge in [-0.25, -0.2) is 4.98 Å². The molecule has 0 aliphatic heterocycles. The quantitative estimate of drug-likeness (QED) is 0.903. The van der Waals surface area contributed by atoms with Crippen molar-refractivity contribution in [1.29, 1.82) is 0 Å². The second-order valence-electron chi connectivity index (χ2n) is 5.49. The maximum absolute atomic E-state index is 5.69. The highest BCUT2D eigenvalue weighted by atomic mass is 16.4. The number of hydrogen-bond acceptors (Lipinski definition) is 4. The Balaban J connectivity index is 1.94. The van der Waals surface area contributed by atoms with Crippen LogP contribution in [0.3, 0.4) is 0 Å². The second kappa shape index (κ2) is 4.98. The summed E-state index contributed by atoms with van der Waals surface area (Å²) in [6.07, 6.45) is 4.22. The Hall–Kier alpha value is -1.55. The SMILES string of the molecule is Cc1cc(-c2cnc(CCNC(C)(C)C)o2)co1. The third-order valence-corrected chi connectivity index (χ3v) is 2.56. The third kappa shape index (κ3) is 3.47. The van der Waals surface area contributed by atoms with E-state index >= 15 is 0 Å². The van der Waals surface area contributed by atoms with E-state index in [1.54, 1.807) is 12.5 Å². The van der Waals surface area contributed by atoms with Gasteiger partial charge in [0.2, 0.25) is 0 Å². The number of furan rings is 1. The topological polar surface area (TPSA) is 51.2 Å². The van der Waals surface area contributed by atoms with Gasteiger partial charge in [-0.3, -0.25) is 0 Å². The van der Waals surface area contributed by atoms with Gasteiger partial charge >= 0.3 is 0 Å². The van der Waals surface area contributed by atoms with Gasteiger partial charge < -0.3 is 14.2 Å². The van der Waals surface area contributed by atoms with Crippen molar-refractivity contribution < 1.29 is 8.83 Å². The van der Waals surface area contributed by atoms with Gasteiger partial charge in [-0.15, -0.1) is 0 Å². The molecule has 4 heteroatoms. The van der Waals surface area contributed by atoms with Gasteiger partial charge in [-0.05, 0) is 33.8 Å². The summed E-state index contributed by atoms with van der Waals surface area (Å²) in [4.78, 5) is 4.27. The first-order chi connectivity index (χ1) is 8.44. The summed E-state index contributed by atoms with van der Waals surface area (Å²) in [5.41, 5.74) is 1.06. The van der Waals surface area contributed by atoms with E-state index in [4.69, 9.17) is 8.83 Å². The van der Waals surface area contributed by atoms with Crippen molar-refractivity contribution in [3.05, 3.63) is 30.2 Å². The minimum atomic E-state index is 0.122. The fourth-order valence-corrected chi connectivity index (χ4v) is 1.68. The number of nitrogens with one attached hydrogen (secondary N) is 1. The number of oxazole rings is 1. The van der Waals surface area contributed by atoms with Crippen molar-refractivity contribution in [1.82, 2.24) is 10.3 Å². The zero-order valence-electron chi connectivity index (χ0n) is 11.4. The number of aryl methyl sites for hydroxylation is 1. The molecule has 0 atom stereocenters. The molecule has 1 N–H and O–H groups in total. The van der Waals surface area contributed by atoms with Crippen LogP contribution in [0.5, 0.6) is 0 Å². The summed E-state index contributed by atoms with van der Waals surface area (Å²) in [5, 5.41) is 3.40. The highest BCUT2D eigenvalue weighted by Crippen LogP contribution is 2.22. The third-order valence-electron chi connectivity index (χ3n) is 2.56. The van der Waals surface area contributed by atoms with Crippen LogP contribution in [0.4, 0.5) is 0 Å². The van der Waals surface area contributed by atoms with Gasteiger partial charge in [0.1, 0.15) is 12.0 Å². The predicted molar refractivity (Wildman–Crippen MR) is 70.4 cm³/mol. The zero-order valence-corrected chi connectivity index (χ0v) is 11.4. The molecule has 98 valence electrons. The molecule has 0 saturated heterocycles. The smallest absolute Gasteiger partial charge is 0.196 e. The highest BCUT2D eigenvalue weighted by Gasteiger charge is 2.11. The molecular weight excluding hydrogens is 228 g/mol. The summed E-state index contributed by atoms with van der Waals surface area (Å²) in [7, 11) is 0. The van der Waals surface area contributed by atoms with Crippen LogP contribution in [-0.4, -0.2) is 17.1 Å². The zero-order chi connectivity index (χ0) is 13.2. The van der Waals surface area contributed by atoms with Gasteiger partial charge in [0.15, 0.2) is 11.7 Å². The van der Waals surface area contributed by atoms with E-state index < -0.39 is 0 Å². The fourth-order valence-electron chi connectivity index (χ4n) is 1.68. The molecule has 18 heavy (non-hydrogen) atoms. The molecule has 0 aliphatic rings. The van der Waals surface area contributed by atoms with E-state index in [0.717, 1.165) is 35.9 Å². The van der Waals surface area contributed by atoms with E-state index in [-0.39, 0.29) is 5.54 Å². The van der Waals surface area contributed by atoms with Gasteiger partial charge in [0, 0.05) is 18.5 Å². The van der Waals surface area contributed by atoms with Gasteiger partial charge in [0.05, 0.1) is 11.8 Å². The summed E-state index contributed by atoms with van der Waals surface area (Å²) in [6, 6.07) is 1.94. The van der Waals surface area contributed by atoms with Crippen LogP contribution < -0.4 is 5.32 Å². The Morgan fingerprint density at radius 3 is 2.72 bits per heavy atom. The van der Waals surface area contributed by atoms with E-state index in [0.29, 0.717) is 0 Å². The lowest BCUT2D eigenvalue weighted by Gasteiger charge is -2.19.